The van der Waals surface area contributed by atoms with Gasteiger partial charge in [-0.05, 0) is 69.4 Å². The van der Waals surface area contributed by atoms with E-state index in [1.165, 1.54) is 13.3 Å². The Morgan fingerprint density at radius 1 is 1.14 bits per heavy atom. The lowest BCUT2D eigenvalue weighted by Gasteiger charge is -2.34. The number of carbonyl (C=O) groups is 2. The average molecular weight is 508 g/mol. The van der Waals surface area contributed by atoms with Gasteiger partial charge < -0.3 is 20.4 Å². The van der Waals surface area contributed by atoms with Gasteiger partial charge in [0.25, 0.3) is 5.91 Å². The van der Waals surface area contributed by atoms with Crippen LogP contribution in [-0.4, -0.2) is 45.5 Å². The second-order valence-corrected chi connectivity index (χ2v) is 10.7. The van der Waals surface area contributed by atoms with Gasteiger partial charge in [-0.3, -0.25) is 9.59 Å². The van der Waals surface area contributed by atoms with Crippen LogP contribution in [-0.2, 0) is 4.79 Å². The molecular weight excluding hydrogens is 473 g/mol. The number of aromatic amines is 1. The Kier molecular flexibility index (Phi) is 6.88. The van der Waals surface area contributed by atoms with Gasteiger partial charge in [-0.2, -0.15) is 0 Å². The van der Waals surface area contributed by atoms with Crippen molar-refractivity contribution in [2.45, 2.75) is 71.9 Å². The van der Waals surface area contributed by atoms with Gasteiger partial charge >= 0.3 is 0 Å². The average Bonchev–Trinajstić information content (AvgIpc) is 3.61. The molecule has 5 rings (SSSR count). The first kappa shape index (κ1) is 25.2. The number of nitrogens with one attached hydrogen (secondary N) is 3. The van der Waals surface area contributed by atoms with Gasteiger partial charge in [-0.1, -0.05) is 13.0 Å². The van der Waals surface area contributed by atoms with E-state index in [4.69, 9.17) is 4.74 Å². The van der Waals surface area contributed by atoms with Gasteiger partial charge in [0.1, 0.15) is 29.1 Å². The molecule has 0 radical (unpaired) electrons. The highest BCUT2D eigenvalue weighted by Crippen LogP contribution is 2.39. The summed E-state index contributed by atoms with van der Waals surface area (Å²) in [6.45, 7) is 7.69. The summed E-state index contributed by atoms with van der Waals surface area (Å²) in [5.41, 5.74) is 3.19. The molecule has 2 aliphatic carbocycles. The zero-order chi connectivity index (χ0) is 26.3. The lowest BCUT2D eigenvalue weighted by molar-refractivity contribution is -0.120. The third-order valence-electron chi connectivity index (χ3n) is 7.60. The van der Waals surface area contributed by atoms with Crippen LogP contribution in [0.5, 0.6) is 5.75 Å². The van der Waals surface area contributed by atoms with E-state index in [1.54, 1.807) is 19.1 Å². The van der Waals surface area contributed by atoms with Crippen LogP contribution in [0.4, 0.5) is 4.39 Å². The normalized spacial score (nSPS) is 21.6. The van der Waals surface area contributed by atoms with E-state index in [0.29, 0.717) is 51.8 Å². The molecule has 196 valence electrons. The first-order chi connectivity index (χ1) is 17.7. The van der Waals surface area contributed by atoms with Crippen LogP contribution in [0, 0.1) is 31.5 Å². The van der Waals surface area contributed by atoms with Gasteiger partial charge in [0, 0.05) is 24.7 Å². The molecule has 3 N–H and O–H groups in total. The number of carbonyl (C=O) groups excluding carboxylic acids is 2. The van der Waals surface area contributed by atoms with Crippen LogP contribution < -0.4 is 15.4 Å². The van der Waals surface area contributed by atoms with Gasteiger partial charge in [0.15, 0.2) is 0 Å². The quantitative estimate of drug-likeness (QED) is 0.433. The summed E-state index contributed by atoms with van der Waals surface area (Å²) in [5.74, 6) is 0.560. The number of ether oxygens (including phenoxy) is 1. The maximum absolute atomic E-state index is 15.5. The van der Waals surface area contributed by atoms with E-state index in [-0.39, 0.29) is 35.4 Å². The minimum atomic E-state index is -0.392. The summed E-state index contributed by atoms with van der Waals surface area (Å²) in [4.78, 5) is 37.0. The van der Waals surface area contributed by atoms with Crippen molar-refractivity contribution in [1.29, 1.82) is 0 Å². The Labute approximate surface area is 215 Å². The number of fused-ring (bicyclic) bond motifs is 1. The van der Waals surface area contributed by atoms with Gasteiger partial charge in [0.05, 0.1) is 23.3 Å². The molecule has 37 heavy (non-hydrogen) atoms. The predicted octanol–water partition coefficient (Wildman–Crippen LogP) is 4.59. The molecule has 2 amide bonds. The molecule has 3 atom stereocenters. The molecule has 2 aliphatic rings. The molecule has 0 spiro atoms. The molecule has 3 unspecified atom stereocenters. The Morgan fingerprint density at radius 2 is 1.92 bits per heavy atom. The van der Waals surface area contributed by atoms with Crippen molar-refractivity contribution in [3.8, 4) is 17.0 Å². The van der Waals surface area contributed by atoms with Crippen LogP contribution >= 0.6 is 0 Å². The summed E-state index contributed by atoms with van der Waals surface area (Å²) in [6.07, 6.45) is 5.98. The number of H-pyrrole nitrogens is 1. The molecule has 0 aliphatic heterocycles. The standard InChI is InChI=1S/C28H34FN5O3/c1-14-5-10-21(37-12-18-6-7-18)23(24(14)29)26-27-25(30-13-31-26)22(16(3)32-27)28(36)34-19-8-9-20(15(2)11-19)33-17(4)35/h5,10,13,15,18-20,32H,6-9,11-12H2,1-4H3,(H,33,35)(H,34,36). The van der Waals surface area contributed by atoms with E-state index in [9.17, 15) is 9.59 Å². The molecule has 2 aromatic heterocycles. The number of amides is 2. The third-order valence-corrected chi connectivity index (χ3v) is 7.60. The molecule has 2 heterocycles. The van der Waals surface area contributed by atoms with Crippen LogP contribution in [0.2, 0.25) is 0 Å². The van der Waals surface area contributed by atoms with Gasteiger partial charge in [-0.15, -0.1) is 0 Å². The predicted molar refractivity (Wildman–Crippen MR) is 139 cm³/mol. The molecule has 1 aromatic carbocycles. The van der Waals surface area contributed by atoms with Crippen molar-refractivity contribution in [2.75, 3.05) is 6.61 Å². The van der Waals surface area contributed by atoms with Crippen molar-refractivity contribution in [2.24, 2.45) is 11.8 Å². The van der Waals surface area contributed by atoms with E-state index in [0.717, 1.165) is 32.1 Å². The van der Waals surface area contributed by atoms with Crippen LogP contribution in [0.3, 0.4) is 0 Å². The fourth-order valence-corrected chi connectivity index (χ4v) is 5.34. The number of nitrogens with zero attached hydrogens (tertiary/aromatic N) is 2. The molecule has 3 aromatic rings. The second-order valence-electron chi connectivity index (χ2n) is 10.7. The molecular formula is C28H34FN5O3. The topological polar surface area (TPSA) is 109 Å². The summed E-state index contributed by atoms with van der Waals surface area (Å²) in [5, 5.41) is 6.16. The minimum Gasteiger partial charge on any atom is -0.492 e. The van der Waals surface area contributed by atoms with Crippen molar-refractivity contribution in [3.63, 3.8) is 0 Å². The fraction of sp³-hybridized carbons (Fsp3) is 0.500. The monoisotopic (exact) mass is 507 g/mol. The van der Waals surface area contributed by atoms with Crippen molar-refractivity contribution >= 4 is 22.8 Å². The molecule has 9 heteroatoms. The highest BCUT2D eigenvalue weighted by molar-refractivity contribution is 6.09. The zero-order valence-electron chi connectivity index (χ0n) is 21.8. The fourth-order valence-electron chi connectivity index (χ4n) is 5.34. The molecule has 2 saturated carbocycles. The summed E-state index contributed by atoms with van der Waals surface area (Å²) < 4.78 is 21.5. The van der Waals surface area contributed by atoms with Gasteiger partial charge in [0.2, 0.25) is 5.91 Å². The zero-order valence-corrected chi connectivity index (χ0v) is 21.8. The van der Waals surface area contributed by atoms with Crippen molar-refractivity contribution in [1.82, 2.24) is 25.6 Å². The van der Waals surface area contributed by atoms with E-state index < -0.39 is 5.82 Å². The third kappa shape index (κ3) is 5.17. The number of aryl methyl sites for hydroxylation is 2. The maximum Gasteiger partial charge on any atom is 0.255 e. The summed E-state index contributed by atoms with van der Waals surface area (Å²) >= 11 is 0. The molecule has 0 saturated heterocycles. The van der Waals surface area contributed by atoms with E-state index in [1.807, 2.05) is 6.92 Å². The van der Waals surface area contributed by atoms with Crippen molar-refractivity contribution in [3.05, 3.63) is 41.1 Å². The molecule has 0 bridgehead atoms. The Hall–Kier alpha value is -3.49. The van der Waals surface area contributed by atoms with E-state index in [2.05, 4.69) is 32.5 Å². The molecule has 2 fully saturated rings. The second kappa shape index (κ2) is 10.1. The van der Waals surface area contributed by atoms with Crippen molar-refractivity contribution < 1.29 is 18.7 Å². The SMILES string of the molecule is CC(=O)NC1CCC(NC(=O)c2c(C)[nH]c3c(-c4c(OCC5CC5)ccc(C)c4F)ncnc23)CC1C. The lowest BCUT2D eigenvalue weighted by atomic mass is 9.82. The molecule has 8 nitrogen and oxygen atoms in total. The first-order valence-electron chi connectivity index (χ1n) is 13.1. The lowest BCUT2D eigenvalue weighted by Crippen LogP contribution is -2.47. The smallest absolute Gasteiger partial charge is 0.255 e. The largest absolute Gasteiger partial charge is 0.492 e. The maximum atomic E-state index is 15.5. The number of halogens is 1. The highest BCUT2D eigenvalue weighted by Gasteiger charge is 2.31. The summed E-state index contributed by atoms with van der Waals surface area (Å²) in [7, 11) is 0. The Balaban J connectivity index is 1.44. The van der Waals surface area contributed by atoms with Crippen LogP contribution in [0.25, 0.3) is 22.3 Å². The first-order valence-corrected chi connectivity index (χ1v) is 13.1. The van der Waals surface area contributed by atoms with Crippen LogP contribution in [0.15, 0.2) is 18.5 Å². The number of hydrogen-bond acceptors (Lipinski definition) is 5. The minimum absolute atomic E-state index is 0.00481. The van der Waals surface area contributed by atoms with Crippen LogP contribution in [0.1, 0.15) is 67.6 Å². The van der Waals surface area contributed by atoms with E-state index >= 15 is 4.39 Å². The highest BCUT2D eigenvalue weighted by atomic mass is 19.1. The number of rotatable bonds is 7. The number of benzene rings is 1. The Morgan fingerprint density at radius 3 is 2.62 bits per heavy atom. The van der Waals surface area contributed by atoms with Gasteiger partial charge in [-0.25, -0.2) is 14.4 Å². The number of aromatic nitrogens is 3. The number of hydrogen-bond donors (Lipinski definition) is 3. The summed E-state index contributed by atoms with van der Waals surface area (Å²) in [6, 6.07) is 3.61. The Bertz CT molecular complexity index is 1350.